The first kappa shape index (κ1) is 17.6. The maximum absolute atomic E-state index is 13.4. The lowest BCUT2D eigenvalue weighted by atomic mass is 10.2. The highest BCUT2D eigenvalue weighted by molar-refractivity contribution is 9.10. The van der Waals surface area contributed by atoms with Gasteiger partial charge in [-0.25, -0.2) is 9.82 Å². The van der Waals surface area contributed by atoms with E-state index in [1.807, 2.05) is 0 Å². The minimum Gasteiger partial charge on any atom is -0.507 e. The van der Waals surface area contributed by atoms with Crippen LogP contribution in [-0.4, -0.2) is 29.7 Å². The summed E-state index contributed by atoms with van der Waals surface area (Å²) in [5, 5.41) is 15.6. The first-order chi connectivity index (χ1) is 11.5. The van der Waals surface area contributed by atoms with E-state index in [1.165, 1.54) is 30.5 Å². The third kappa shape index (κ3) is 4.88. The highest BCUT2D eigenvalue weighted by Crippen LogP contribution is 2.19. The van der Waals surface area contributed by atoms with Gasteiger partial charge in [-0.2, -0.15) is 5.10 Å². The number of carbonyl (C=O) groups excluding carboxylic acids is 2. The second kappa shape index (κ2) is 8.21. The number of aromatic hydroxyl groups is 1. The van der Waals surface area contributed by atoms with Crippen molar-refractivity contribution >= 4 is 34.0 Å². The Labute approximate surface area is 145 Å². The van der Waals surface area contributed by atoms with Crippen LogP contribution in [0.4, 0.5) is 4.39 Å². The van der Waals surface area contributed by atoms with E-state index in [1.54, 1.807) is 12.1 Å². The quantitative estimate of drug-likeness (QED) is 0.536. The standard InChI is InChI=1S/C16H13BrFN3O3/c17-11-5-6-14(22)10(7-11)8-20-21-15(23)9-19-16(24)12-3-1-2-4-13(12)18/h1-8,22H,9H2,(H,19,24)(H,21,23)/b20-8+. The number of phenolic OH excluding ortho intramolecular Hbond substituents is 1. The molecule has 0 fully saturated rings. The number of hydrogen-bond donors (Lipinski definition) is 3. The van der Waals surface area contributed by atoms with Crippen LogP contribution in [0.3, 0.4) is 0 Å². The SMILES string of the molecule is O=C(CNC(=O)c1ccccc1F)N/N=C/c1cc(Br)ccc1O. The smallest absolute Gasteiger partial charge is 0.259 e. The Balaban J connectivity index is 1.85. The van der Waals surface area contributed by atoms with Crippen molar-refractivity contribution < 1.29 is 19.1 Å². The van der Waals surface area contributed by atoms with Gasteiger partial charge in [0, 0.05) is 10.0 Å². The van der Waals surface area contributed by atoms with Crippen molar-refractivity contribution in [3.05, 3.63) is 63.9 Å². The molecule has 0 aliphatic carbocycles. The summed E-state index contributed by atoms with van der Waals surface area (Å²) in [6.07, 6.45) is 1.26. The minimum absolute atomic E-state index is 0.00375. The maximum Gasteiger partial charge on any atom is 0.259 e. The molecule has 24 heavy (non-hydrogen) atoms. The van der Waals surface area contributed by atoms with E-state index >= 15 is 0 Å². The largest absolute Gasteiger partial charge is 0.507 e. The molecule has 0 heterocycles. The van der Waals surface area contributed by atoms with Gasteiger partial charge in [0.15, 0.2) is 0 Å². The fourth-order valence-electron chi connectivity index (χ4n) is 1.74. The van der Waals surface area contributed by atoms with E-state index < -0.39 is 17.6 Å². The van der Waals surface area contributed by atoms with Crippen LogP contribution in [0.2, 0.25) is 0 Å². The molecule has 0 unspecified atom stereocenters. The average molecular weight is 394 g/mol. The van der Waals surface area contributed by atoms with Crippen molar-refractivity contribution in [2.75, 3.05) is 6.54 Å². The third-order valence-corrected chi connectivity index (χ3v) is 3.40. The average Bonchev–Trinajstić information content (AvgIpc) is 2.56. The molecule has 8 heteroatoms. The first-order valence-corrected chi connectivity index (χ1v) is 7.60. The zero-order valence-corrected chi connectivity index (χ0v) is 13.9. The summed E-state index contributed by atoms with van der Waals surface area (Å²) >= 11 is 3.25. The van der Waals surface area contributed by atoms with Gasteiger partial charge in [0.05, 0.1) is 18.3 Å². The zero-order valence-electron chi connectivity index (χ0n) is 12.3. The summed E-state index contributed by atoms with van der Waals surface area (Å²) in [6.45, 7) is -0.366. The molecule has 0 aliphatic rings. The zero-order chi connectivity index (χ0) is 17.5. The molecule has 2 aromatic rings. The molecule has 0 aliphatic heterocycles. The number of phenols is 1. The van der Waals surface area contributed by atoms with Gasteiger partial charge in [-0.1, -0.05) is 28.1 Å². The molecule has 3 N–H and O–H groups in total. The Morgan fingerprint density at radius 1 is 1.25 bits per heavy atom. The number of benzene rings is 2. The summed E-state index contributed by atoms with van der Waals surface area (Å²) in [4.78, 5) is 23.3. The molecule has 0 saturated carbocycles. The molecule has 124 valence electrons. The summed E-state index contributed by atoms with van der Waals surface area (Å²) in [7, 11) is 0. The topological polar surface area (TPSA) is 90.8 Å². The number of rotatable bonds is 5. The molecule has 6 nitrogen and oxygen atoms in total. The van der Waals surface area contributed by atoms with E-state index in [0.717, 1.165) is 10.5 Å². The maximum atomic E-state index is 13.4. The van der Waals surface area contributed by atoms with Gasteiger partial charge in [-0.15, -0.1) is 0 Å². The number of nitrogens with zero attached hydrogens (tertiary/aromatic N) is 1. The molecular formula is C16H13BrFN3O3. The Kier molecular flexibility index (Phi) is 6.02. The summed E-state index contributed by atoms with van der Waals surface area (Å²) in [5.74, 6) is -1.95. The van der Waals surface area contributed by atoms with Crippen LogP contribution in [0.5, 0.6) is 5.75 Å². The molecule has 2 amide bonds. The molecule has 0 spiro atoms. The second-order valence-electron chi connectivity index (χ2n) is 4.66. The highest BCUT2D eigenvalue weighted by atomic mass is 79.9. The number of halogens is 2. The summed E-state index contributed by atoms with van der Waals surface area (Å²) in [5.41, 5.74) is 2.45. The van der Waals surface area contributed by atoms with Crippen molar-refractivity contribution in [1.29, 1.82) is 0 Å². The van der Waals surface area contributed by atoms with Crippen molar-refractivity contribution in [2.45, 2.75) is 0 Å². The molecule has 0 radical (unpaired) electrons. The van der Waals surface area contributed by atoms with Crippen molar-refractivity contribution in [2.24, 2.45) is 5.10 Å². The van der Waals surface area contributed by atoms with Crippen LogP contribution in [0.1, 0.15) is 15.9 Å². The minimum atomic E-state index is -0.697. The van der Waals surface area contributed by atoms with E-state index in [9.17, 15) is 19.1 Å². The van der Waals surface area contributed by atoms with Gasteiger partial charge in [-0.3, -0.25) is 9.59 Å². The van der Waals surface area contributed by atoms with Crippen LogP contribution in [0.15, 0.2) is 52.0 Å². The van der Waals surface area contributed by atoms with Gasteiger partial charge in [0.1, 0.15) is 11.6 Å². The van der Waals surface area contributed by atoms with Gasteiger partial charge in [0.2, 0.25) is 0 Å². The molecule has 0 saturated heterocycles. The number of amides is 2. The van der Waals surface area contributed by atoms with Gasteiger partial charge >= 0.3 is 0 Å². The molecular weight excluding hydrogens is 381 g/mol. The lowest BCUT2D eigenvalue weighted by molar-refractivity contribution is -0.120. The molecule has 0 bridgehead atoms. The number of carbonyl (C=O) groups is 2. The summed E-state index contributed by atoms with van der Waals surface area (Å²) in [6, 6.07) is 10.2. The molecule has 0 atom stereocenters. The third-order valence-electron chi connectivity index (χ3n) is 2.91. The van der Waals surface area contributed by atoms with Gasteiger partial charge < -0.3 is 10.4 Å². The fourth-order valence-corrected chi connectivity index (χ4v) is 2.12. The molecule has 0 aromatic heterocycles. The second-order valence-corrected chi connectivity index (χ2v) is 5.57. The number of nitrogens with one attached hydrogen (secondary N) is 2. The normalized spacial score (nSPS) is 10.6. The predicted molar refractivity (Wildman–Crippen MR) is 90.3 cm³/mol. The van der Waals surface area contributed by atoms with Crippen LogP contribution in [0.25, 0.3) is 0 Å². The van der Waals surface area contributed by atoms with E-state index in [2.05, 4.69) is 31.8 Å². The predicted octanol–water partition coefficient (Wildman–Crippen LogP) is 2.17. The lowest BCUT2D eigenvalue weighted by Crippen LogP contribution is -2.35. The summed E-state index contributed by atoms with van der Waals surface area (Å²) < 4.78 is 14.2. The van der Waals surface area contributed by atoms with E-state index in [-0.39, 0.29) is 17.9 Å². The Hall–Kier alpha value is -2.74. The lowest BCUT2D eigenvalue weighted by Gasteiger charge is -2.05. The molecule has 2 rings (SSSR count). The van der Waals surface area contributed by atoms with Crippen molar-refractivity contribution in [1.82, 2.24) is 10.7 Å². The molecule has 2 aromatic carbocycles. The highest BCUT2D eigenvalue weighted by Gasteiger charge is 2.11. The number of hydrogen-bond acceptors (Lipinski definition) is 4. The van der Waals surface area contributed by atoms with Crippen LogP contribution in [-0.2, 0) is 4.79 Å². The Bertz CT molecular complexity index is 796. The number of hydrazone groups is 1. The van der Waals surface area contributed by atoms with Gasteiger partial charge in [0.25, 0.3) is 11.8 Å². The first-order valence-electron chi connectivity index (χ1n) is 6.80. The van der Waals surface area contributed by atoms with E-state index in [0.29, 0.717) is 5.56 Å². The van der Waals surface area contributed by atoms with E-state index in [4.69, 9.17) is 0 Å². The monoisotopic (exact) mass is 393 g/mol. The van der Waals surface area contributed by atoms with Crippen LogP contribution >= 0.6 is 15.9 Å². The van der Waals surface area contributed by atoms with Crippen LogP contribution in [0, 0.1) is 5.82 Å². The van der Waals surface area contributed by atoms with Crippen molar-refractivity contribution in [3.63, 3.8) is 0 Å². The van der Waals surface area contributed by atoms with Gasteiger partial charge in [-0.05, 0) is 30.3 Å². The Morgan fingerprint density at radius 2 is 2.00 bits per heavy atom. The fraction of sp³-hybridized carbons (Fsp3) is 0.0625. The van der Waals surface area contributed by atoms with Crippen molar-refractivity contribution in [3.8, 4) is 5.75 Å². The van der Waals surface area contributed by atoms with Crippen LogP contribution < -0.4 is 10.7 Å². The Morgan fingerprint density at radius 3 is 2.75 bits per heavy atom.